The lowest BCUT2D eigenvalue weighted by atomic mass is 10.1. The Kier molecular flexibility index (Phi) is 6.02. The van der Waals surface area contributed by atoms with Crippen LogP contribution in [-0.2, 0) is 0 Å². The number of ether oxygens (including phenoxy) is 1. The van der Waals surface area contributed by atoms with Crippen molar-refractivity contribution in [2.24, 2.45) is 5.73 Å². The fourth-order valence-corrected chi connectivity index (χ4v) is 2.70. The molecule has 0 atom stereocenters. The van der Waals surface area contributed by atoms with Crippen LogP contribution in [0, 0.1) is 0 Å². The van der Waals surface area contributed by atoms with Gasteiger partial charge in [0.25, 0.3) is 5.91 Å². The highest BCUT2D eigenvalue weighted by molar-refractivity contribution is 5.97. The molecular formula is C16H25N3O2. The van der Waals surface area contributed by atoms with Crippen LogP contribution in [0.1, 0.15) is 23.2 Å². The van der Waals surface area contributed by atoms with Gasteiger partial charge >= 0.3 is 0 Å². The number of para-hydroxylation sites is 1. The first kappa shape index (κ1) is 15.8. The maximum atomic E-state index is 12.7. The number of amides is 1. The monoisotopic (exact) mass is 291 g/mol. The molecule has 2 rings (SSSR count). The normalized spacial score (nSPS) is 16.6. The fourth-order valence-electron chi connectivity index (χ4n) is 2.70. The minimum absolute atomic E-state index is 0.0631. The lowest BCUT2D eigenvalue weighted by Crippen LogP contribution is -2.35. The van der Waals surface area contributed by atoms with E-state index in [9.17, 15) is 4.79 Å². The maximum absolute atomic E-state index is 12.7. The van der Waals surface area contributed by atoms with Crippen LogP contribution in [0.2, 0.25) is 0 Å². The summed E-state index contributed by atoms with van der Waals surface area (Å²) >= 11 is 0. The number of benzene rings is 1. The van der Waals surface area contributed by atoms with Gasteiger partial charge in [-0.05, 0) is 44.6 Å². The summed E-state index contributed by atoms with van der Waals surface area (Å²) in [4.78, 5) is 17.0. The van der Waals surface area contributed by atoms with E-state index in [1.807, 2.05) is 29.2 Å². The Bertz CT molecular complexity index is 465. The van der Waals surface area contributed by atoms with Crippen LogP contribution in [0.4, 0.5) is 0 Å². The molecular weight excluding hydrogens is 266 g/mol. The lowest BCUT2D eigenvalue weighted by Gasteiger charge is -2.22. The number of hydrogen-bond acceptors (Lipinski definition) is 4. The summed E-state index contributed by atoms with van der Waals surface area (Å²) in [5, 5.41) is 0. The Morgan fingerprint density at radius 2 is 2.05 bits per heavy atom. The van der Waals surface area contributed by atoms with Gasteiger partial charge in [0, 0.05) is 19.6 Å². The molecule has 1 heterocycles. The van der Waals surface area contributed by atoms with Crippen molar-refractivity contribution in [1.82, 2.24) is 9.80 Å². The third kappa shape index (κ3) is 4.19. The Balaban J connectivity index is 2.00. The summed E-state index contributed by atoms with van der Waals surface area (Å²) in [7, 11) is 1.60. The summed E-state index contributed by atoms with van der Waals surface area (Å²) in [6.07, 6.45) is 2.02. The first-order chi connectivity index (χ1) is 10.3. The van der Waals surface area contributed by atoms with E-state index < -0.39 is 0 Å². The maximum Gasteiger partial charge on any atom is 0.257 e. The largest absolute Gasteiger partial charge is 0.496 e. The number of nitrogens with zero attached hydrogens (tertiary/aromatic N) is 2. The molecule has 1 aromatic rings. The van der Waals surface area contributed by atoms with Gasteiger partial charge in [-0.1, -0.05) is 12.1 Å². The van der Waals surface area contributed by atoms with Crippen LogP contribution in [-0.4, -0.2) is 62.1 Å². The Morgan fingerprint density at radius 1 is 1.24 bits per heavy atom. The molecule has 0 radical (unpaired) electrons. The fraction of sp³-hybridized carbons (Fsp3) is 0.562. The van der Waals surface area contributed by atoms with Gasteiger partial charge in [0.15, 0.2) is 0 Å². The molecule has 0 aliphatic carbocycles. The van der Waals surface area contributed by atoms with Gasteiger partial charge in [-0.25, -0.2) is 0 Å². The first-order valence-corrected chi connectivity index (χ1v) is 7.61. The number of nitrogens with two attached hydrogens (primary N) is 1. The summed E-state index contributed by atoms with van der Waals surface area (Å²) in [5.41, 5.74) is 6.21. The second kappa shape index (κ2) is 8.00. The SMILES string of the molecule is COc1ccccc1C(=O)N1CCCN(CCCN)CC1. The van der Waals surface area contributed by atoms with E-state index in [0.29, 0.717) is 11.3 Å². The molecule has 0 spiro atoms. The minimum Gasteiger partial charge on any atom is -0.496 e. The minimum atomic E-state index is 0.0631. The van der Waals surface area contributed by atoms with Crippen LogP contribution >= 0.6 is 0 Å². The number of hydrogen-bond donors (Lipinski definition) is 1. The molecule has 0 saturated carbocycles. The lowest BCUT2D eigenvalue weighted by molar-refractivity contribution is 0.0758. The van der Waals surface area contributed by atoms with E-state index in [0.717, 1.165) is 52.1 Å². The van der Waals surface area contributed by atoms with Crippen LogP contribution < -0.4 is 10.5 Å². The molecule has 0 bridgehead atoms. The number of methoxy groups -OCH3 is 1. The van der Waals surface area contributed by atoms with Gasteiger partial charge < -0.3 is 20.3 Å². The Labute approximate surface area is 126 Å². The molecule has 0 aromatic heterocycles. The zero-order valence-corrected chi connectivity index (χ0v) is 12.8. The van der Waals surface area contributed by atoms with E-state index in [4.69, 9.17) is 10.5 Å². The molecule has 1 aromatic carbocycles. The van der Waals surface area contributed by atoms with Gasteiger partial charge in [0.2, 0.25) is 0 Å². The van der Waals surface area contributed by atoms with Crippen molar-refractivity contribution in [3.05, 3.63) is 29.8 Å². The molecule has 5 heteroatoms. The third-order valence-electron chi connectivity index (χ3n) is 3.89. The highest BCUT2D eigenvalue weighted by Gasteiger charge is 2.22. The molecule has 1 amide bonds. The Hall–Kier alpha value is -1.59. The topological polar surface area (TPSA) is 58.8 Å². The van der Waals surface area contributed by atoms with E-state index in [-0.39, 0.29) is 5.91 Å². The van der Waals surface area contributed by atoms with Crippen molar-refractivity contribution in [2.45, 2.75) is 12.8 Å². The molecule has 1 fully saturated rings. The molecule has 0 unspecified atom stereocenters. The molecule has 2 N–H and O–H groups in total. The van der Waals surface area contributed by atoms with Crippen molar-refractivity contribution in [3.63, 3.8) is 0 Å². The number of carbonyl (C=O) groups is 1. The average Bonchev–Trinajstić information content (AvgIpc) is 2.77. The third-order valence-corrected chi connectivity index (χ3v) is 3.89. The van der Waals surface area contributed by atoms with Crippen molar-refractivity contribution < 1.29 is 9.53 Å². The summed E-state index contributed by atoms with van der Waals surface area (Å²) in [5.74, 6) is 0.708. The summed E-state index contributed by atoms with van der Waals surface area (Å²) in [6.45, 7) is 5.27. The van der Waals surface area contributed by atoms with Crippen molar-refractivity contribution in [1.29, 1.82) is 0 Å². The summed E-state index contributed by atoms with van der Waals surface area (Å²) in [6, 6.07) is 7.42. The molecule has 1 saturated heterocycles. The molecule has 5 nitrogen and oxygen atoms in total. The van der Waals surface area contributed by atoms with E-state index in [1.54, 1.807) is 7.11 Å². The van der Waals surface area contributed by atoms with E-state index in [1.165, 1.54) is 0 Å². The number of carbonyl (C=O) groups excluding carboxylic acids is 1. The quantitative estimate of drug-likeness (QED) is 0.885. The second-order valence-corrected chi connectivity index (χ2v) is 5.33. The van der Waals surface area contributed by atoms with Crippen LogP contribution in [0.15, 0.2) is 24.3 Å². The standard InChI is InChI=1S/C16H25N3O2/c1-21-15-7-3-2-6-14(15)16(20)19-11-5-10-18(12-13-19)9-4-8-17/h2-3,6-7H,4-5,8-13,17H2,1H3. The van der Waals surface area contributed by atoms with Gasteiger partial charge in [-0.2, -0.15) is 0 Å². The highest BCUT2D eigenvalue weighted by atomic mass is 16.5. The van der Waals surface area contributed by atoms with Gasteiger partial charge in [0.1, 0.15) is 5.75 Å². The predicted octanol–water partition coefficient (Wildman–Crippen LogP) is 1.19. The molecule has 1 aliphatic heterocycles. The zero-order valence-electron chi connectivity index (χ0n) is 12.8. The van der Waals surface area contributed by atoms with Gasteiger partial charge in [-0.15, -0.1) is 0 Å². The average molecular weight is 291 g/mol. The number of rotatable bonds is 5. The van der Waals surface area contributed by atoms with Crippen molar-refractivity contribution >= 4 is 5.91 Å². The predicted molar refractivity (Wildman–Crippen MR) is 83.6 cm³/mol. The van der Waals surface area contributed by atoms with Gasteiger partial charge in [0.05, 0.1) is 12.7 Å². The van der Waals surface area contributed by atoms with Gasteiger partial charge in [-0.3, -0.25) is 4.79 Å². The summed E-state index contributed by atoms with van der Waals surface area (Å²) < 4.78 is 5.29. The highest BCUT2D eigenvalue weighted by Crippen LogP contribution is 2.20. The Morgan fingerprint density at radius 3 is 2.81 bits per heavy atom. The van der Waals surface area contributed by atoms with Crippen molar-refractivity contribution in [3.8, 4) is 5.75 Å². The molecule has 1 aliphatic rings. The smallest absolute Gasteiger partial charge is 0.257 e. The molecule has 116 valence electrons. The van der Waals surface area contributed by atoms with Crippen LogP contribution in [0.5, 0.6) is 5.75 Å². The second-order valence-electron chi connectivity index (χ2n) is 5.33. The van der Waals surface area contributed by atoms with Crippen LogP contribution in [0.3, 0.4) is 0 Å². The first-order valence-electron chi connectivity index (χ1n) is 7.61. The van der Waals surface area contributed by atoms with E-state index >= 15 is 0 Å². The van der Waals surface area contributed by atoms with Crippen LogP contribution in [0.25, 0.3) is 0 Å². The van der Waals surface area contributed by atoms with Crippen molar-refractivity contribution in [2.75, 3.05) is 46.4 Å². The molecule has 21 heavy (non-hydrogen) atoms. The van der Waals surface area contributed by atoms with E-state index in [2.05, 4.69) is 4.90 Å². The zero-order chi connectivity index (χ0) is 15.1.